The highest BCUT2D eigenvalue weighted by Crippen LogP contribution is 2.27. The predicted molar refractivity (Wildman–Crippen MR) is 69.6 cm³/mol. The predicted octanol–water partition coefficient (Wildman–Crippen LogP) is 3.33. The van der Waals surface area contributed by atoms with Gasteiger partial charge in [-0.1, -0.05) is 0 Å². The lowest BCUT2D eigenvalue weighted by Crippen LogP contribution is -2.26. The van der Waals surface area contributed by atoms with Crippen LogP contribution in [0, 0.1) is 6.92 Å². The highest BCUT2D eigenvalue weighted by molar-refractivity contribution is 9.11. The summed E-state index contributed by atoms with van der Waals surface area (Å²) in [6.07, 6.45) is 1.06. The molecule has 0 aromatic carbocycles. The Labute approximate surface area is 104 Å². The minimum atomic E-state index is 0.506. The summed E-state index contributed by atoms with van der Waals surface area (Å²) in [5.41, 5.74) is 1.32. The molecule has 86 valence electrons. The zero-order chi connectivity index (χ0) is 11.3. The third-order valence-corrected chi connectivity index (χ3v) is 4.42. The van der Waals surface area contributed by atoms with Gasteiger partial charge in [-0.2, -0.15) is 0 Å². The number of aryl methyl sites for hydroxylation is 1. The molecule has 0 spiro atoms. The average Bonchev–Trinajstić information content (AvgIpc) is 2.52. The molecule has 0 fully saturated rings. The largest absolute Gasteiger partial charge is 0.385 e. The quantitative estimate of drug-likeness (QED) is 0.868. The van der Waals surface area contributed by atoms with Crippen LogP contribution in [0.4, 0.5) is 0 Å². The normalized spacial score (nSPS) is 13.1. The molecule has 0 saturated carbocycles. The maximum atomic E-state index is 5.04. The summed E-state index contributed by atoms with van der Waals surface area (Å²) in [5, 5.41) is 3.48. The number of halogens is 1. The van der Waals surface area contributed by atoms with Crippen LogP contribution < -0.4 is 5.32 Å². The second-order valence-corrected chi connectivity index (χ2v) is 6.19. The first kappa shape index (κ1) is 13.2. The minimum Gasteiger partial charge on any atom is -0.385 e. The second-order valence-electron chi connectivity index (χ2n) is 3.73. The third-order valence-electron chi connectivity index (χ3n) is 2.29. The molecule has 1 heterocycles. The van der Waals surface area contributed by atoms with Crippen LogP contribution in [0.2, 0.25) is 0 Å². The highest BCUT2D eigenvalue weighted by atomic mass is 79.9. The Morgan fingerprint density at radius 2 is 2.33 bits per heavy atom. The van der Waals surface area contributed by atoms with Crippen LogP contribution in [0.1, 0.15) is 23.8 Å². The Morgan fingerprint density at radius 3 is 2.87 bits per heavy atom. The Bertz CT molecular complexity index is 281. The van der Waals surface area contributed by atoms with Gasteiger partial charge in [-0.05, 0) is 47.8 Å². The number of hydrogen-bond donors (Lipinski definition) is 1. The zero-order valence-corrected chi connectivity index (χ0v) is 11.9. The Morgan fingerprint density at radius 1 is 1.60 bits per heavy atom. The van der Waals surface area contributed by atoms with Crippen LogP contribution in [-0.2, 0) is 11.3 Å². The van der Waals surface area contributed by atoms with E-state index in [0.29, 0.717) is 6.04 Å². The van der Waals surface area contributed by atoms with Crippen molar-refractivity contribution >= 4 is 27.3 Å². The first-order valence-electron chi connectivity index (χ1n) is 5.10. The Balaban J connectivity index is 2.30. The molecular weight excluding hydrogens is 274 g/mol. The van der Waals surface area contributed by atoms with Crippen LogP contribution in [-0.4, -0.2) is 19.8 Å². The highest BCUT2D eigenvalue weighted by Gasteiger charge is 2.05. The lowest BCUT2D eigenvalue weighted by molar-refractivity contribution is 0.185. The van der Waals surface area contributed by atoms with Crippen LogP contribution in [0.25, 0.3) is 0 Å². The standard InChI is InChI=1S/C11H18BrNOS/c1-8-6-10(15-11(8)12)7-13-9(2)4-5-14-3/h6,9,13H,4-5,7H2,1-3H3. The molecule has 2 nitrogen and oxygen atoms in total. The monoisotopic (exact) mass is 291 g/mol. The molecule has 0 aliphatic carbocycles. The van der Waals surface area contributed by atoms with Crippen LogP contribution in [0.3, 0.4) is 0 Å². The molecule has 1 rings (SSSR count). The molecule has 0 aliphatic heterocycles. The van der Waals surface area contributed by atoms with Crippen LogP contribution in [0.5, 0.6) is 0 Å². The molecule has 1 aromatic rings. The fourth-order valence-electron chi connectivity index (χ4n) is 1.28. The number of nitrogens with one attached hydrogen (secondary N) is 1. The van der Waals surface area contributed by atoms with Gasteiger partial charge in [-0.3, -0.25) is 0 Å². The fourth-order valence-corrected chi connectivity index (χ4v) is 2.86. The fraction of sp³-hybridized carbons (Fsp3) is 0.636. The van der Waals surface area contributed by atoms with Gasteiger partial charge in [0.05, 0.1) is 3.79 Å². The van der Waals surface area contributed by atoms with Gasteiger partial charge in [-0.25, -0.2) is 0 Å². The van der Waals surface area contributed by atoms with E-state index in [9.17, 15) is 0 Å². The van der Waals surface area contributed by atoms with Crippen molar-refractivity contribution < 1.29 is 4.74 Å². The summed E-state index contributed by atoms with van der Waals surface area (Å²) in [6, 6.07) is 2.73. The number of thiophene rings is 1. The minimum absolute atomic E-state index is 0.506. The van der Waals surface area contributed by atoms with Gasteiger partial charge in [0.25, 0.3) is 0 Å². The van der Waals surface area contributed by atoms with Crippen molar-refractivity contribution in [1.29, 1.82) is 0 Å². The van der Waals surface area contributed by atoms with E-state index in [1.165, 1.54) is 14.2 Å². The molecule has 0 aliphatic rings. The van der Waals surface area contributed by atoms with Gasteiger partial charge >= 0.3 is 0 Å². The first-order valence-corrected chi connectivity index (χ1v) is 6.71. The van der Waals surface area contributed by atoms with Gasteiger partial charge in [-0.15, -0.1) is 11.3 Å². The molecule has 1 N–H and O–H groups in total. The molecule has 0 amide bonds. The van der Waals surface area contributed by atoms with Gasteiger partial charge in [0.15, 0.2) is 0 Å². The molecule has 1 atom stereocenters. The van der Waals surface area contributed by atoms with Crippen molar-refractivity contribution in [2.24, 2.45) is 0 Å². The summed E-state index contributed by atoms with van der Waals surface area (Å²) in [4.78, 5) is 1.38. The lowest BCUT2D eigenvalue weighted by Gasteiger charge is -2.11. The summed E-state index contributed by atoms with van der Waals surface area (Å²) >= 11 is 5.34. The number of ether oxygens (including phenoxy) is 1. The number of rotatable bonds is 6. The topological polar surface area (TPSA) is 21.3 Å². The van der Waals surface area contributed by atoms with E-state index in [2.05, 4.69) is 41.2 Å². The van der Waals surface area contributed by atoms with Gasteiger partial charge in [0.2, 0.25) is 0 Å². The summed E-state index contributed by atoms with van der Waals surface area (Å²) in [7, 11) is 1.74. The van der Waals surface area contributed by atoms with E-state index in [1.807, 2.05) is 0 Å². The molecule has 0 saturated heterocycles. The van der Waals surface area contributed by atoms with Crippen molar-refractivity contribution in [3.63, 3.8) is 0 Å². The lowest BCUT2D eigenvalue weighted by atomic mass is 10.2. The Hall–Kier alpha value is 0.1000. The number of methoxy groups -OCH3 is 1. The maximum Gasteiger partial charge on any atom is 0.0730 e. The number of hydrogen-bond acceptors (Lipinski definition) is 3. The maximum absolute atomic E-state index is 5.04. The molecule has 0 radical (unpaired) electrons. The Kier molecular flexibility index (Phi) is 5.82. The van der Waals surface area contributed by atoms with Crippen molar-refractivity contribution in [2.45, 2.75) is 32.9 Å². The van der Waals surface area contributed by atoms with Crippen molar-refractivity contribution in [3.8, 4) is 0 Å². The second kappa shape index (κ2) is 6.63. The van der Waals surface area contributed by atoms with E-state index in [1.54, 1.807) is 18.4 Å². The van der Waals surface area contributed by atoms with Crippen LogP contribution in [0.15, 0.2) is 9.85 Å². The van der Waals surface area contributed by atoms with Gasteiger partial charge < -0.3 is 10.1 Å². The van der Waals surface area contributed by atoms with Crippen molar-refractivity contribution in [2.75, 3.05) is 13.7 Å². The van der Waals surface area contributed by atoms with E-state index >= 15 is 0 Å². The molecular formula is C11H18BrNOS. The third kappa shape index (κ3) is 4.64. The summed E-state index contributed by atoms with van der Waals surface area (Å²) < 4.78 is 6.28. The SMILES string of the molecule is COCCC(C)NCc1cc(C)c(Br)s1. The molecule has 4 heteroatoms. The summed E-state index contributed by atoms with van der Waals surface area (Å²) in [5.74, 6) is 0. The van der Waals surface area contributed by atoms with Crippen molar-refractivity contribution in [3.05, 3.63) is 20.3 Å². The van der Waals surface area contributed by atoms with Crippen LogP contribution >= 0.6 is 27.3 Å². The van der Waals surface area contributed by atoms with E-state index in [0.717, 1.165) is 19.6 Å². The molecule has 1 unspecified atom stereocenters. The average molecular weight is 292 g/mol. The molecule has 1 aromatic heterocycles. The molecule has 0 bridgehead atoms. The van der Waals surface area contributed by atoms with E-state index in [-0.39, 0.29) is 0 Å². The molecule has 15 heavy (non-hydrogen) atoms. The first-order chi connectivity index (χ1) is 7.13. The smallest absolute Gasteiger partial charge is 0.0730 e. The van der Waals surface area contributed by atoms with E-state index in [4.69, 9.17) is 4.74 Å². The van der Waals surface area contributed by atoms with Crippen molar-refractivity contribution in [1.82, 2.24) is 5.32 Å². The van der Waals surface area contributed by atoms with E-state index < -0.39 is 0 Å². The van der Waals surface area contributed by atoms with Gasteiger partial charge in [0, 0.05) is 31.2 Å². The van der Waals surface area contributed by atoms with Gasteiger partial charge in [0.1, 0.15) is 0 Å². The zero-order valence-electron chi connectivity index (χ0n) is 9.47. The summed E-state index contributed by atoms with van der Waals surface area (Å²) in [6.45, 7) is 6.08.